The second-order valence-corrected chi connectivity index (χ2v) is 6.23. The zero-order valence-electron chi connectivity index (χ0n) is 13.1. The van der Waals surface area contributed by atoms with Crippen LogP contribution in [0.1, 0.15) is 35.8 Å². The highest BCUT2D eigenvalue weighted by Gasteiger charge is 2.36. The van der Waals surface area contributed by atoms with Gasteiger partial charge in [-0.1, -0.05) is 12.1 Å². The smallest absolute Gasteiger partial charge is 0.148 e. The lowest BCUT2D eigenvalue weighted by atomic mass is 9.78. The quantitative estimate of drug-likeness (QED) is 0.887. The fourth-order valence-electron chi connectivity index (χ4n) is 3.59. The van der Waals surface area contributed by atoms with Gasteiger partial charge >= 0.3 is 0 Å². The summed E-state index contributed by atoms with van der Waals surface area (Å²) in [5, 5.41) is 19.2. The third kappa shape index (κ3) is 2.46. The van der Waals surface area contributed by atoms with E-state index in [0.29, 0.717) is 37.6 Å². The van der Waals surface area contributed by atoms with Crippen LogP contribution in [0, 0.1) is 0 Å². The molecule has 0 fully saturated rings. The number of phenolic OH excluding ortho intramolecular Hbond substituents is 2. The van der Waals surface area contributed by atoms with Gasteiger partial charge in [0.15, 0.2) is 0 Å². The normalized spacial score (nSPS) is 21.8. The molecule has 5 nitrogen and oxygen atoms in total. The Morgan fingerprint density at radius 3 is 1.75 bits per heavy atom. The molecule has 0 spiro atoms. The van der Waals surface area contributed by atoms with Crippen molar-refractivity contribution in [3.05, 3.63) is 47.5 Å². The predicted molar refractivity (Wildman–Crippen MR) is 86.9 cm³/mol. The number of Topliss-reactive ketones (excluding diaryl/α,β-unsaturated/α-hetero) is 1. The summed E-state index contributed by atoms with van der Waals surface area (Å²) in [5.74, 6) is 1.07. The molecule has 2 aromatic rings. The molecule has 2 unspecified atom stereocenters. The molecule has 0 saturated heterocycles. The molecule has 4 rings (SSSR count). The van der Waals surface area contributed by atoms with E-state index in [4.69, 9.17) is 9.47 Å². The molecule has 5 heteroatoms. The number of hydrogen-bond donors (Lipinski definition) is 2. The van der Waals surface area contributed by atoms with Gasteiger partial charge in [-0.15, -0.1) is 0 Å². The molecule has 124 valence electrons. The van der Waals surface area contributed by atoms with Crippen molar-refractivity contribution in [3.63, 3.8) is 0 Å². The number of rotatable bonds is 2. The largest absolute Gasteiger partial charge is 0.508 e. The molecule has 24 heavy (non-hydrogen) atoms. The highest BCUT2D eigenvalue weighted by molar-refractivity contribution is 5.93. The zero-order chi connectivity index (χ0) is 16.7. The van der Waals surface area contributed by atoms with E-state index in [9.17, 15) is 15.0 Å². The van der Waals surface area contributed by atoms with E-state index < -0.39 is 0 Å². The van der Waals surface area contributed by atoms with Crippen molar-refractivity contribution in [3.8, 4) is 23.0 Å². The number of fused-ring (bicyclic) bond motifs is 2. The van der Waals surface area contributed by atoms with E-state index >= 15 is 0 Å². The minimum Gasteiger partial charge on any atom is -0.508 e. The van der Waals surface area contributed by atoms with Gasteiger partial charge < -0.3 is 19.7 Å². The molecular formula is C19H18O5. The Balaban J connectivity index is 1.69. The Morgan fingerprint density at radius 1 is 0.833 bits per heavy atom. The third-order valence-corrected chi connectivity index (χ3v) is 4.76. The van der Waals surface area contributed by atoms with Crippen LogP contribution in [0.5, 0.6) is 23.0 Å². The molecule has 0 saturated carbocycles. The summed E-state index contributed by atoms with van der Waals surface area (Å²) in [7, 11) is 0. The first-order valence-corrected chi connectivity index (χ1v) is 8.08. The number of phenols is 2. The van der Waals surface area contributed by atoms with Crippen molar-refractivity contribution >= 4 is 5.78 Å². The van der Waals surface area contributed by atoms with Gasteiger partial charge in [-0.05, 0) is 25.0 Å². The van der Waals surface area contributed by atoms with Gasteiger partial charge in [0.2, 0.25) is 0 Å². The number of ketones is 1. The topological polar surface area (TPSA) is 76.0 Å². The minimum atomic E-state index is -0.251. The molecular weight excluding hydrogens is 308 g/mol. The monoisotopic (exact) mass is 326 g/mol. The van der Waals surface area contributed by atoms with Crippen LogP contribution in [0.2, 0.25) is 0 Å². The van der Waals surface area contributed by atoms with Crippen molar-refractivity contribution in [1.29, 1.82) is 0 Å². The van der Waals surface area contributed by atoms with E-state index in [1.807, 2.05) is 0 Å². The Hall–Kier alpha value is -2.69. The Kier molecular flexibility index (Phi) is 3.56. The lowest BCUT2D eigenvalue weighted by Crippen LogP contribution is -2.29. The van der Waals surface area contributed by atoms with Crippen molar-refractivity contribution in [2.45, 2.75) is 24.7 Å². The summed E-state index contributed by atoms with van der Waals surface area (Å²) >= 11 is 0. The van der Waals surface area contributed by atoms with Crippen LogP contribution in [0.15, 0.2) is 36.4 Å². The molecule has 0 bridgehead atoms. The molecule has 2 heterocycles. The first-order valence-electron chi connectivity index (χ1n) is 8.08. The van der Waals surface area contributed by atoms with Crippen molar-refractivity contribution in [1.82, 2.24) is 0 Å². The SMILES string of the molecule is O=C(C1CCOc2cc(O)ccc21)C1CCOc2cc(O)ccc21. The standard InChI is InChI=1S/C19H18O5/c20-11-1-3-13-15(5-7-23-17(13)9-11)19(22)16-6-8-24-18-10-12(21)2-4-14(16)18/h1-4,9-10,15-16,20-21H,5-8H2. The van der Waals surface area contributed by atoms with Crippen LogP contribution >= 0.6 is 0 Å². The number of benzene rings is 2. The van der Waals surface area contributed by atoms with Crippen LogP contribution < -0.4 is 9.47 Å². The maximum absolute atomic E-state index is 13.2. The number of aromatic hydroxyl groups is 2. The zero-order valence-corrected chi connectivity index (χ0v) is 13.1. The molecule has 0 amide bonds. The fourth-order valence-corrected chi connectivity index (χ4v) is 3.59. The van der Waals surface area contributed by atoms with Gasteiger partial charge in [0.25, 0.3) is 0 Å². The van der Waals surface area contributed by atoms with Crippen LogP contribution in [-0.4, -0.2) is 29.2 Å². The third-order valence-electron chi connectivity index (χ3n) is 4.76. The minimum absolute atomic E-state index is 0.133. The van der Waals surface area contributed by atoms with Crippen LogP contribution in [-0.2, 0) is 4.79 Å². The van der Waals surface area contributed by atoms with Gasteiger partial charge in [-0.3, -0.25) is 4.79 Å². The number of hydrogen-bond acceptors (Lipinski definition) is 5. The summed E-state index contributed by atoms with van der Waals surface area (Å²) in [6.07, 6.45) is 1.25. The summed E-state index contributed by atoms with van der Waals surface area (Å²) in [6.45, 7) is 0.914. The molecule has 2 atom stereocenters. The lowest BCUT2D eigenvalue weighted by molar-refractivity contribution is -0.123. The van der Waals surface area contributed by atoms with E-state index in [1.165, 1.54) is 0 Å². The number of ether oxygens (including phenoxy) is 2. The molecule has 0 aliphatic carbocycles. The second kappa shape index (κ2) is 5.74. The van der Waals surface area contributed by atoms with Gasteiger partial charge in [0, 0.05) is 23.3 Å². The number of carbonyl (C=O) groups excluding carboxylic acids is 1. The molecule has 0 aromatic heterocycles. The van der Waals surface area contributed by atoms with Crippen molar-refractivity contribution in [2.24, 2.45) is 0 Å². The maximum atomic E-state index is 13.2. The highest BCUT2D eigenvalue weighted by Crippen LogP contribution is 2.43. The molecule has 2 aromatic carbocycles. The summed E-state index contributed by atoms with van der Waals surface area (Å²) < 4.78 is 11.2. The Labute approximate surface area is 139 Å². The fraction of sp³-hybridized carbons (Fsp3) is 0.316. The Bertz CT molecular complexity index is 733. The average Bonchev–Trinajstić information content (AvgIpc) is 2.59. The first kappa shape index (κ1) is 14.9. The van der Waals surface area contributed by atoms with E-state index in [2.05, 4.69) is 0 Å². The second-order valence-electron chi connectivity index (χ2n) is 6.23. The molecule has 2 aliphatic heterocycles. The van der Waals surface area contributed by atoms with Crippen molar-refractivity contribution < 1.29 is 24.5 Å². The molecule has 0 radical (unpaired) electrons. The van der Waals surface area contributed by atoms with Crippen LogP contribution in [0.3, 0.4) is 0 Å². The maximum Gasteiger partial charge on any atom is 0.148 e. The molecule has 2 aliphatic rings. The van der Waals surface area contributed by atoms with Crippen molar-refractivity contribution in [2.75, 3.05) is 13.2 Å². The Morgan fingerprint density at radius 2 is 1.29 bits per heavy atom. The van der Waals surface area contributed by atoms with Gasteiger partial charge in [-0.2, -0.15) is 0 Å². The number of carbonyl (C=O) groups is 1. The van der Waals surface area contributed by atoms with Gasteiger partial charge in [-0.25, -0.2) is 0 Å². The van der Waals surface area contributed by atoms with Crippen LogP contribution in [0.25, 0.3) is 0 Å². The van der Waals surface area contributed by atoms with Crippen LogP contribution in [0.4, 0.5) is 0 Å². The summed E-state index contributed by atoms with van der Waals surface area (Å²) in [5.41, 5.74) is 1.66. The van der Waals surface area contributed by atoms with Gasteiger partial charge in [0.05, 0.1) is 25.0 Å². The average molecular weight is 326 g/mol. The van der Waals surface area contributed by atoms with Gasteiger partial charge in [0.1, 0.15) is 28.8 Å². The molecule has 2 N–H and O–H groups in total. The summed E-state index contributed by atoms with van der Waals surface area (Å²) in [4.78, 5) is 13.2. The van der Waals surface area contributed by atoms with E-state index in [-0.39, 0.29) is 29.1 Å². The highest BCUT2D eigenvalue weighted by atomic mass is 16.5. The lowest BCUT2D eigenvalue weighted by Gasteiger charge is -2.31. The van der Waals surface area contributed by atoms with E-state index in [1.54, 1.807) is 36.4 Å². The summed E-state index contributed by atoms with van der Waals surface area (Å²) in [6, 6.07) is 9.83. The van der Waals surface area contributed by atoms with E-state index in [0.717, 1.165) is 11.1 Å². The predicted octanol–water partition coefficient (Wildman–Crippen LogP) is 3.10. The first-order chi connectivity index (χ1) is 11.6.